The molecule has 0 heterocycles. The fourth-order valence-corrected chi connectivity index (χ4v) is 6.76. The van der Waals surface area contributed by atoms with Crippen LogP contribution in [0.25, 0.3) is 0 Å². The lowest BCUT2D eigenvalue weighted by Crippen LogP contribution is -2.36. The fraction of sp³-hybridized carbons (Fsp3) is 0.389. The number of nitrogens with two attached hydrogens (primary N) is 4. The lowest BCUT2D eigenvalue weighted by molar-refractivity contribution is -0.127. The maximum Gasteiger partial charge on any atom is 0.221 e. The molecule has 3 aromatic carbocycles. The minimum absolute atomic E-state index is 0.0561. The summed E-state index contributed by atoms with van der Waals surface area (Å²) in [6.07, 6.45) is 0.659. The maximum absolute atomic E-state index is 12.5. The van der Waals surface area contributed by atoms with Crippen molar-refractivity contribution in [3.05, 3.63) is 108 Å². The molecule has 0 aliphatic carbocycles. The number of thiol groups is 2. The van der Waals surface area contributed by atoms with Gasteiger partial charge in [0.15, 0.2) is 5.78 Å². The van der Waals surface area contributed by atoms with E-state index < -0.39 is 40.5 Å². The van der Waals surface area contributed by atoms with Crippen molar-refractivity contribution in [1.82, 2.24) is 0 Å². The molecule has 0 aliphatic heterocycles. The Bertz CT molecular complexity index is 1290. The molecule has 0 aliphatic rings. The summed E-state index contributed by atoms with van der Waals surface area (Å²) in [6, 6.07) is 29.5. The van der Waals surface area contributed by atoms with E-state index in [9.17, 15) is 19.2 Å². The Labute approximate surface area is 296 Å². The van der Waals surface area contributed by atoms with E-state index in [0.29, 0.717) is 19.1 Å². The number of primary amides is 2. The highest BCUT2D eigenvalue weighted by Gasteiger charge is 2.38. The molecule has 0 saturated carbocycles. The zero-order valence-electron chi connectivity index (χ0n) is 28.2. The van der Waals surface area contributed by atoms with E-state index in [1.165, 1.54) is 0 Å². The van der Waals surface area contributed by atoms with E-state index in [2.05, 4.69) is 61.7 Å². The lowest BCUT2D eigenvalue weighted by Gasteiger charge is -2.36. The van der Waals surface area contributed by atoms with Gasteiger partial charge in [-0.2, -0.15) is 25.3 Å². The highest BCUT2D eigenvalue weighted by molar-refractivity contribution is 8.00. The second-order valence-corrected chi connectivity index (χ2v) is 12.6. The lowest BCUT2D eigenvalue weighted by atomic mass is 9.84. The van der Waals surface area contributed by atoms with Crippen LogP contribution < -0.4 is 22.9 Å². The van der Waals surface area contributed by atoms with Crippen molar-refractivity contribution in [1.29, 1.82) is 0 Å². The molecule has 8 N–H and O–H groups in total. The summed E-state index contributed by atoms with van der Waals surface area (Å²) < 4.78 is 5.65. The van der Waals surface area contributed by atoms with Gasteiger partial charge in [0.05, 0.1) is 28.7 Å². The number of rotatable bonds is 17. The molecular weight excluding hydrogens is 649 g/mol. The molecular formula is C36H50N4O4S3. The van der Waals surface area contributed by atoms with Gasteiger partial charge in [-0.05, 0) is 23.1 Å². The third-order valence-corrected chi connectivity index (χ3v) is 9.97. The van der Waals surface area contributed by atoms with Gasteiger partial charge in [0.25, 0.3) is 0 Å². The van der Waals surface area contributed by atoms with Gasteiger partial charge < -0.3 is 22.9 Å². The molecule has 8 nitrogen and oxygen atoms in total. The molecule has 0 bridgehead atoms. The van der Waals surface area contributed by atoms with Gasteiger partial charge in [-0.15, -0.1) is 11.8 Å². The highest BCUT2D eigenvalue weighted by Crippen LogP contribution is 2.49. The van der Waals surface area contributed by atoms with E-state index in [0.717, 1.165) is 16.7 Å². The van der Waals surface area contributed by atoms with Gasteiger partial charge in [0.2, 0.25) is 11.8 Å². The Morgan fingerprint density at radius 2 is 1.06 bits per heavy atom. The summed E-state index contributed by atoms with van der Waals surface area (Å²) in [5.74, 6) is -1.50. The van der Waals surface area contributed by atoms with Crippen LogP contribution in [0, 0.1) is 11.8 Å². The zero-order chi connectivity index (χ0) is 36.1. The number of ketones is 2. The van der Waals surface area contributed by atoms with Crippen molar-refractivity contribution in [2.75, 3.05) is 17.3 Å². The molecule has 4 atom stereocenters. The molecule has 0 unspecified atom stereocenters. The zero-order valence-corrected chi connectivity index (χ0v) is 29.8. The van der Waals surface area contributed by atoms with Gasteiger partial charge in [-0.3, -0.25) is 19.2 Å². The average molecular weight is 700 g/mol. The largest absolute Gasteiger partial charge is 0.369 e. The SMILES string of the molecule is CC[C@H](N)C(=O)C[C@@H](CSC(c1ccccc1)(c1ccccc1)c1ccccc1)C(N)=O.NC(=O)[C@H](CS)CC(=O)[C@@H](N)CS.[2H]CC. The number of amides is 2. The molecule has 0 radical (unpaired) electrons. The molecule has 0 saturated heterocycles. The topological polar surface area (TPSA) is 172 Å². The van der Waals surface area contributed by atoms with E-state index >= 15 is 0 Å². The van der Waals surface area contributed by atoms with Crippen molar-refractivity contribution < 1.29 is 20.5 Å². The van der Waals surface area contributed by atoms with Crippen LogP contribution in [-0.2, 0) is 23.9 Å². The molecule has 11 heteroatoms. The molecule has 3 aromatic rings. The van der Waals surface area contributed by atoms with Crippen LogP contribution in [0.5, 0.6) is 0 Å². The Morgan fingerprint density at radius 1 is 0.702 bits per heavy atom. The quantitative estimate of drug-likeness (QED) is 0.0870. The highest BCUT2D eigenvalue weighted by atomic mass is 32.2. The van der Waals surface area contributed by atoms with Crippen LogP contribution in [-0.4, -0.2) is 52.7 Å². The fourth-order valence-electron chi connectivity index (χ4n) is 4.61. The average Bonchev–Trinajstić information content (AvgIpc) is 3.11. The van der Waals surface area contributed by atoms with E-state index in [1.807, 2.05) is 61.5 Å². The van der Waals surface area contributed by atoms with Crippen LogP contribution in [0.1, 0.15) is 58.1 Å². The summed E-state index contributed by atoms with van der Waals surface area (Å²) >= 11 is 9.42. The number of carbonyl (C=O) groups excluding carboxylic acids is 4. The Balaban J connectivity index is 0.000000603. The van der Waals surface area contributed by atoms with Crippen molar-refractivity contribution in [2.45, 2.75) is 56.8 Å². The van der Waals surface area contributed by atoms with Gasteiger partial charge in [-0.1, -0.05) is 112 Å². The van der Waals surface area contributed by atoms with Crippen molar-refractivity contribution in [3.63, 3.8) is 0 Å². The molecule has 0 aromatic heterocycles. The maximum atomic E-state index is 12.5. The van der Waals surface area contributed by atoms with Crippen LogP contribution in [0.3, 0.4) is 0 Å². The third kappa shape index (κ3) is 12.8. The normalized spacial score (nSPS) is 13.6. The van der Waals surface area contributed by atoms with E-state index in [1.54, 1.807) is 18.7 Å². The molecule has 0 spiro atoms. The first-order valence-corrected chi connectivity index (χ1v) is 17.6. The second-order valence-electron chi connectivity index (χ2n) is 10.6. The summed E-state index contributed by atoms with van der Waals surface area (Å²) in [4.78, 5) is 46.7. The minimum Gasteiger partial charge on any atom is -0.369 e. The predicted octanol–water partition coefficient (Wildman–Crippen LogP) is 4.77. The van der Waals surface area contributed by atoms with Gasteiger partial charge in [0, 0.05) is 31.5 Å². The Hall–Kier alpha value is -3.09. The molecule has 3 rings (SSSR count). The van der Waals surface area contributed by atoms with Crippen molar-refractivity contribution in [2.24, 2.45) is 34.8 Å². The molecule has 0 fully saturated rings. The summed E-state index contributed by atoms with van der Waals surface area (Å²) in [5, 5.41) is 0. The first-order chi connectivity index (χ1) is 22.9. The summed E-state index contributed by atoms with van der Waals surface area (Å²) in [7, 11) is 0. The van der Waals surface area contributed by atoms with Crippen LogP contribution in [0.4, 0.5) is 0 Å². The standard InChI is InChI=1S/C27H30N2O2S.C7H14N2O2S2.C2H6/c1-2-24(28)25(30)18-20(26(29)31)19-32-27(21-12-6-3-7-13-21,22-14-8-4-9-15-22)23-16-10-5-11-17-23;8-5(3-13)6(10)1-4(2-12)7(9)11;1-2/h3-17,20,24H,2,18-19,28H2,1H3,(H2,29,31);4-5,12-13H,1-3,8H2,(H2,9,11);1-2H3/t20-,24-;4-,5-;/m00./s1/i;;1D. The summed E-state index contributed by atoms with van der Waals surface area (Å²) in [5.41, 5.74) is 25.4. The number of benzene rings is 3. The monoisotopic (exact) mass is 699 g/mol. The van der Waals surface area contributed by atoms with Crippen LogP contribution in [0.2, 0.25) is 0 Å². The van der Waals surface area contributed by atoms with Crippen LogP contribution >= 0.6 is 37.0 Å². The first kappa shape index (κ1) is 40.1. The summed E-state index contributed by atoms with van der Waals surface area (Å²) in [6.45, 7) is 4.15. The van der Waals surface area contributed by atoms with Crippen molar-refractivity contribution in [3.8, 4) is 0 Å². The second kappa shape index (κ2) is 22.5. The van der Waals surface area contributed by atoms with E-state index in [4.69, 9.17) is 24.3 Å². The number of hydrogen-bond donors (Lipinski definition) is 6. The van der Waals surface area contributed by atoms with Crippen LogP contribution in [0.15, 0.2) is 91.0 Å². The van der Waals surface area contributed by atoms with Gasteiger partial charge >= 0.3 is 0 Å². The number of Topliss-reactive ketones (excluding diaryl/α,β-unsaturated/α-hetero) is 2. The number of carbonyl (C=O) groups is 4. The van der Waals surface area contributed by atoms with E-state index in [-0.39, 0.29) is 35.9 Å². The Morgan fingerprint density at radius 3 is 1.38 bits per heavy atom. The van der Waals surface area contributed by atoms with Crippen molar-refractivity contribution >= 4 is 60.4 Å². The number of hydrogen-bond acceptors (Lipinski definition) is 9. The first-order valence-electron chi connectivity index (χ1n) is 16.1. The minimum atomic E-state index is -0.620. The van der Waals surface area contributed by atoms with Gasteiger partial charge in [0.1, 0.15) is 5.78 Å². The molecule has 256 valence electrons. The smallest absolute Gasteiger partial charge is 0.221 e. The Kier molecular flexibility index (Phi) is 19.2. The predicted molar refractivity (Wildman–Crippen MR) is 202 cm³/mol. The molecule has 47 heavy (non-hydrogen) atoms. The van der Waals surface area contributed by atoms with Gasteiger partial charge in [-0.25, -0.2) is 0 Å². The number of thioether (sulfide) groups is 1. The third-order valence-electron chi connectivity index (χ3n) is 7.43. The molecule has 2 amide bonds.